The SMILES string of the molecule is C=C.C=C/C=C\C(=C)C(=C)/C=C\C.CC. The van der Waals surface area contributed by atoms with Gasteiger partial charge in [0.2, 0.25) is 0 Å². The second-order valence-electron chi connectivity index (χ2n) is 2.15. The molecule has 0 heteroatoms. The molecular weight excluding hydrogens is 180 g/mol. The summed E-state index contributed by atoms with van der Waals surface area (Å²) in [5.41, 5.74) is 1.86. The molecule has 0 aromatic carbocycles. The van der Waals surface area contributed by atoms with Crippen LogP contribution in [0.15, 0.2) is 74.4 Å². The van der Waals surface area contributed by atoms with Gasteiger partial charge in [-0.05, 0) is 18.1 Å². The second-order valence-corrected chi connectivity index (χ2v) is 2.15. The Bertz CT molecular complexity index is 226. The highest BCUT2D eigenvalue weighted by molar-refractivity contribution is 5.42. The van der Waals surface area contributed by atoms with Crippen molar-refractivity contribution < 1.29 is 0 Å². The van der Waals surface area contributed by atoms with Gasteiger partial charge in [0.1, 0.15) is 0 Å². The van der Waals surface area contributed by atoms with Crippen LogP contribution in [0.25, 0.3) is 0 Å². The summed E-state index contributed by atoms with van der Waals surface area (Å²) < 4.78 is 0. The molecule has 15 heavy (non-hydrogen) atoms. The van der Waals surface area contributed by atoms with Crippen molar-refractivity contribution in [2.24, 2.45) is 0 Å². The summed E-state index contributed by atoms with van der Waals surface area (Å²) in [6.07, 6.45) is 9.31. The molecule has 0 spiro atoms. The van der Waals surface area contributed by atoms with Gasteiger partial charge in [0.15, 0.2) is 0 Å². The van der Waals surface area contributed by atoms with Gasteiger partial charge in [-0.15, -0.1) is 13.2 Å². The van der Waals surface area contributed by atoms with E-state index in [-0.39, 0.29) is 0 Å². The fourth-order valence-corrected chi connectivity index (χ4v) is 0.599. The monoisotopic (exact) mass is 204 g/mol. The van der Waals surface area contributed by atoms with Gasteiger partial charge in [0, 0.05) is 0 Å². The van der Waals surface area contributed by atoms with E-state index in [0.29, 0.717) is 0 Å². The van der Waals surface area contributed by atoms with Gasteiger partial charge in [0.25, 0.3) is 0 Å². The molecule has 0 rings (SSSR count). The maximum atomic E-state index is 3.83. The highest BCUT2D eigenvalue weighted by Crippen LogP contribution is 2.07. The van der Waals surface area contributed by atoms with E-state index >= 15 is 0 Å². The minimum atomic E-state index is 0.919. The van der Waals surface area contributed by atoms with Crippen molar-refractivity contribution in [3.05, 3.63) is 74.4 Å². The van der Waals surface area contributed by atoms with E-state index in [0.717, 1.165) is 11.1 Å². The summed E-state index contributed by atoms with van der Waals surface area (Å²) in [6, 6.07) is 0. The topological polar surface area (TPSA) is 0 Å². The van der Waals surface area contributed by atoms with Crippen LogP contribution >= 0.6 is 0 Å². The third kappa shape index (κ3) is 15.2. The predicted octanol–water partition coefficient (Wildman–Crippen LogP) is 5.25. The van der Waals surface area contributed by atoms with Crippen molar-refractivity contribution in [3.8, 4) is 0 Å². The first kappa shape index (κ1) is 19.1. The molecule has 0 aliphatic carbocycles. The maximum absolute atomic E-state index is 3.83. The van der Waals surface area contributed by atoms with Crippen LogP contribution in [0.1, 0.15) is 20.8 Å². The minimum Gasteiger partial charge on any atom is -0.106 e. The van der Waals surface area contributed by atoms with Gasteiger partial charge in [-0.25, -0.2) is 0 Å². The fraction of sp³-hybridized carbons (Fsp3) is 0.200. The van der Waals surface area contributed by atoms with Crippen molar-refractivity contribution in [2.75, 3.05) is 0 Å². The summed E-state index contributed by atoms with van der Waals surface area (Å²) in [7, 11) is 0. The van der Waals surface area contributed by atoms with Gasteiger partial charge in [-0.2, -0.15) is 0 Å². The molecule has 0 saturated carbocycles. The van der Waals surface area contributed by atoms with Crippen LogP contribution in [0, 0.1) is 0 Å². The Morgan fingerprint density at radius 1 is 0.933 bits per heavy atom. The van der Waals surface area contributed by atoms with E-state index in [9.17, 15) is 0 Å². The van der Waals surface area contributed by atoms with E-state index in [1.54, 1.807) is 6.08 Å². The first-order chi connectivity index (χ1) is 7.22. The molecule has 0 nitrogen and oxygen atoms in total. The zero-order chi connectivity index (χ0) is 12.7. The standard InChI is InChI=1S/C11H14.C2H6.C2H4/c1-5-7-9-11(4)10(3)8-6-2;2*1-2/h5-9H,1,3-4H2,2H3;1-2H3;1-2H2/b8-6-,9-7-;;. The predicted molar refractivity (Wildman–Crippen MR) is 75.0 cm³/mol. The smallest absolute Gasteiger partial charge is 0.0262 e. The highest BCUT2D eigenvalue weighted by atomic mass is 13.9. The third-order valence-electron chi connectivity index (χ3n) is 1.21. The Labute approximate surface area is 95.7 Å². The lowest BCUT2D eigenvalue weighted by Gasteiger charge is -1.95. The molecule has 0 fully saturated rings. The lowest BCUT2D eigenvalue weighted by molar-refractivity contribution is 1.50. The van der Waals surface area contributed by atoms with Crippen molar-refractivity contribution in [3.63, 3.8) is 0 Å². The lowest BCUT2D eigenvalue weighted by atomic mass is 10.1. The number of rotatable bonds is 4. The summed E-state index contributed by atoms with van der Waals surface area (Å²) in [4.78, 5) is 0. The first-order valence-corrected chi connectivity index (χ1v) is 5.02. The minimum absolute atomic E-state index is 0.919. The van der Waals surface area contributed by atoms with Gasteiger partial charge in [-0.1, -0.05) is 64.0 Å². The second kappa shape index (κ2) is 18.3. The van der Waals surface area contributed by atoms with E-state index in [1.807, 2.05) is 45.1 Å². The summed E-state index contributed by atoms with van der Waals surface area (Å²) in [6.45, 7) is 23.2. The normalized spacial score (nSPS) is 8.47. The molecule has 0 atom stereocenters. The maximum Gasteiger partial charge on any atom is -0.0262 e. The molecule has 84 valence electrons. The Balaban J connectivity index is -0.000000318. The Morgan fingerprint density at radius 3 is 1.67 bits per heavy atom. The quantitative estimate of drug-likeness (QED) is 0.433. The zero-order valence-corrected chi connectivity index (χ0v) is 10.4. The van der Waals surface area contributed by atoms with Crippen molar-refractivity contribution in [1.29, 1.82) is 0 Å². The van der Waals surface area contributed by atoms with Crippen LogP contribution in [0.4, 0.5) is 0 Å². The zero-order valence-electron chi connectivity index (χ0n) is 10.4. The van der Waals surface area contributed by atoms with Crippen LogP contribution in [-0.4, -0.2) is 0 Å². The van der Waals surface area contributed by atoms with E-state index < -0.39 is 0 Å². The molecule has 0 unspecified atom stereocenters. The fourth-order valence-electron chi connectivity index (χ4n) is 0.599. The van der Waals surface area contributed by atoms with Crippen LogP contribution in [0.2, 0.25) is 0 Å². The molecule has 0 radical (unpaired) electrons. The molecular formula is C15H24. The molecule has 0 aliphatic heterocycles. The van der Waals surface area contributed by atoms with Gasteiger partial charge < -0.3 is 0 Å². The van der Waals surface area contributed by atoms with Crippen LogP contribution < -0.4 is 0 Å². The molecule has 0 aromatic rings. The molecule has 0 bridgehead atoms. The molecule has 0 heterocycles. The first-order valence-electron chi connectivity index (χ1n) is 5.02. The largest absolute Gasteiger partial charge is 0.106 e. The Morgan fingerprint density at radius 2 is 1.33 bits per heavy atom. The summed E-state index contributed by atoms with van der Waals surface area (Å²) >= 11 is 0. The third-order valence-corrected chi connectivity index (χ3v) is 1.21. The van der Waals surface area contributed by atoms with Crippen molar-refractivity contribution in [2.45, 2.75) is 20.8 Å². The van der Waals surface area contributed by atoms with Crippen LogP contribution in [-0.2, 0) is 0 Å². The highest BCUT2D eigenvalue weighted by Gasteiger charge is 1.87. The van der Waals surface area contributed by atoms with E-state index in [2.05, 4.69) is 32.9 Å². The average molecular weight is 204 g/mol. The molecule has 0 aromatic heterocycles. The van der Waals surface area contributed by atoms with Crippen molar-refractivity contribution >= 4 is 0 Å². The average Bonchev–Trinajstić information content (AvgIpc) is 2.31. The molecule has 0 aliphatic rings. The number of hydrogen-bond acceptors (Lipinski definition) is 0. The Hall–Kier alpha value is -1.56. The molecule has 0 N–H and O–H groups in total. The van der Waals surface area contributed by atoms with Crippen molar-refractivity contribution in [1.82, 2.24) is 0 Å². The van der Waals surface area contributed by atoms with E-state index in [4.69, 9.17) is 0 Å². The Kier molecular flexibility index (Phi) is 23.2. The number of allylic oxidation sites excluding steroid dienone is 7. The lowest BCUT2D eigenvalue weighted by Crippen LogP contribution is -1.76. The van der Waals surface area contributed by atoms with Crippen LogP contribution in [0.5, 0.6) is 0 Å². The summed E-state index contributed by atoms with van der Waals surface area (Å²) in [5.74, 6) is 0. The van der Waals surface area contributed by atoms with Gasteiger partial charge in [-0.3, -0.25) is 0 Å². The van der Waals surface area contributed by atoms with Crippen LogP contribution in [0.3, 0.4) is 0 Å². The number of hydrogen-bond donors (Lipinski definition) is 0. The van der Waals surface area contributed by atoms with E-state index in [1.165, 1.54) is 0 Å². The summed E-state index contributed by atoms with van der Waals surface area (Å²) in [5, 5.41) is 0. The molecule has 0 saturated heterocycles. The van der Waals surface area contributed by atoms with Gasteiger partial charge >= 0.3 is 0 Å². The molecule has 0 amide bonds. The van der Waals surface area contributed by atoms with Gasteiger partial charge in [0.05, 0.1) is 0 Å².